The zero-order chi connectivity index (χ0) is 18.2. The van der Waals surface area contributed by atoms with Gasteiger partial charge in [-0.15, -0.1) is 0 Å². The fourth-order valence-electron chi connectivity index (χ4n) is 4.06. The monoisotopic (exact) mass is 369 g/mol. The Morgan fingerprint density at radius 1 is 0.769 bits per heavy atom. The average molecular weight is 370 g/mol. The summed E-state index contributed by atoms with van der Waals surface area (Å²) in [4.78, 5) is 2.57. The van der Waals surface area contributed by atoms with Gasteiger partial charge in [0.15, 0.2) is 0 Å². The van der Waals surface area contributed by atoms with Crippen LogP contribution in [-0.2, 0) is 0 Å². The zero-order valence-corrected chi connectivity index (χ0v) is 16.8. The number of hydrogen-bond acceptors (Lipinski definition) is 1. The predicted molar refractivity (Wildman–Crippen MR) is 114 cm³/mol. The lowest BCUT2D eigenvalue weighted by Crippen LogP contribution is -1.98. The topological polar surface area (TPSA) is 3.01 Å². The molecular formula is C24H32ClN. The minimum absolute atomic E-state index is 0.513. The van der Waals surface area contributed by atoms with Crippen LogP contribution in [0.5, 0.6) is 0 Å². The highest BCUT2D eigenvalue weighted by Crippen LogP contribution is 2.49. The van der Waals surface area contributed by atoms with Crippen LogP contribution in [0.3, 0.4) is 0 Å². The molecule has 0 aromatic heterocycles. The molecule has 1 saturated heterocycles. The third-order valence-electron chi connectivity index (χ3n) is 5.55. The summed E-state index contributed by atoms with van der Waals surface area (Å²) in [5.74, 6) is 0. The average Bonchev–Trinajstić information content (AvgIpc) is 3.39. The molecule has 0 bridgehead atoms. The van der Waals surface area contributed by atoms with Crippen LogP contribution in [0.4, 0.5) is 5.69 Å². The number of rotatable bonds is 11. The van der Waals surface area contributed by atoms with Crippen LogP contribution >= 0.6 is 11.6 Å². The van der Waals surface area contributed by atoms with Crippen molar-refractivity contribution in [2.45, 2.75) is 76.8 Å². The molecule has 1 heterocycles. The van der Waals surface area contributed by atoms with E-state index in [1.165, 1.54) is 69.0 Å². The summed E-state index contributed by atoms with van der Waals surface area (Å²) in [6.45, 7) is 2.28. The Hall–Kier alpha value is -1.47. The van der Waals surface area contributed by atoms with Crippen molar-refractivity contribution in [1.82, 2.24) is 0 Å². The number of anilines is 1. The summed E-state index contributed by atoms with van der Waals surface area (Å²) in [7, 11) is 0. The maximum absolute atomic E-state index is 6.08. The molecule has 1 nitrogen and oxygen atoms in total. The van der Waals surface area contributed by atoms with Gasteiger partial charge < -0.3 is 4.90 Å². The molecule has 2 heteroatoms. The summed E-state index contributed by atoms with van der Waals surface area (Å²) >= 11 is 6.08. The van der Waals surface area contributed by atoms with Gasteiger partial charge in [-0.05, 0) is 36.2 Å². The van der Waals surface area contributed by atoms with Crippen LogP contribution in [0.2, 0.25) is 5.02 Å². The predicted octanol–water partition coefficient (Wildman–Crippen LogP) is 7.80. The van der Waals surface area contributed by atoms with Crippen LogP contribution in [0, 0.1) is 0 Å². The molecule has 0 amide bonds. The molecule has 0 unspecified atom stereocenters. The first-order chi connectivity index (χ1) is 12.8. The summed E-state index contributed by atoms with van der Waals surface area (Å²) < 4.78 is 0. The van der Waals surface area contributed by atoms with E-state index in [1.807, 2.05) is 12.1 Å². The van der Waals surface area contributed by atoms with Gasteiger partial charge in [-0.25, -0.2) is 0 Å². The van der Waals surface area contributed by atoms with Crippen LogP contribution < -0.4 is 4.90 Å². The third kappa shape index (κ3) is 5.27. The Balaban J connectivity index is 1.50. The highest BCUT2D eigenvalue weighted by atomic mass is 35.5. The van der Waals surface area contributed by atoms with Gasteiger partial charge in [-0.3, -0.25) is 0 Å². The molecule has 2 aromatic rings. The van der Waals surface area contributed by atoms with Gasteiger partial charge in [-0.1, -0.05) is 100 Å². The normalized spacial score (nSPS) is 18.9. The summed E-state index contributed by atoms with van der Waals surface area (Å²) in [5.41, 5.74) is 2.74. The first-order valence-electron chi connectivity index (χ1n) is 10.4. The van der Waals surface area contributed by atoms with E-state index in [1.54, 1.807) is 0 Å². The largest absolute Gasteiger partial charge is 0.357 e. The van der Waals surface area contributed by atoms with Crippen LogP contribution in [0.25, 0.3) is 0 Å². The third-order valence-corrected chi connectivity index (χ3v) is 5.80. The van der Waals surface area contributed by atoms with Crippen molar-refractivity contribution in [3.8, 4) is 0 Å². The van der Waals surface area contributed by atoms with Crippen LogP contribution in [0.1, 0.15) is 76.3 Å². The quantitative estimate of drug-likeness (QED) is 0.288. The molecule has 0 radical (unpaired) electrons. The molecule has 0 spiro atoms. The van der Waals surface area contributed by atoms with Crippen molar-refractivity contribution >= 4 is 17.3 Å². The van der Waals surface area contributed by atoms with Crippen molar-refractivity contribution in [1.29, 1.82) is 0 Å². The number of benzene rings is 2. The molecule has 3 rings (SSSR count). The van der Waals surface area contributed by atoms with Crippen molar-refractivity contribution in [2.75, 3.05) is 4.90 Å². The summed E-state index contributed by atoms with van der Waals surface area (Å²) in [6.07, 6.45) is 12.4. The van der Waals surface area contributed by atoms with Gasteiger partial charge in [0.1, 0.15) is 0 Å². The molecule has 0 aliphatic carbocycles. The lowest BCUT2D eigenvalue weighted by atomic mass is 10.0. The first kappa shape index (κ1) is 19.3. The van der Waals surface area contributed by atoms with E-state index < -0.39 is 0 Å². The molecule has 2 aromatic carbocycles. The van der Waals surface area contributed by atoms with Crippen LogP contribution in [-0.4, -0.2) is 6.04 Å². The van der Waals surface area contributed by atoms with E-state index in [9.17, 15) is 0 Å². The van der Waals surface area contributed by atoms with Gasteiger partial charge in [0.2, 0.25) is 0 Å². The number of hydrogen-bond donors (Lipinski definition) is 0. The Labute approximate surface area is 164 Å². The van der Waals surface area contributed by atoms with Crippen LogP contribution in [0.15, 0.2) is 54.6 Å². The molecule has 1 aliphatic rings. The SMILES string of the molecule is CCCCCCCCCC[C@H]1[C@@H](c2ccc(Cl)cc2)N1c1ccccc1. The lowest BCUT2D eigenvalue weighted by Gasteiger charge is -2.06. The Morgan fingerprint density at radius 2 is 1.38 bits per heavy atom. The molecule has 1 fully saturated rings. The molecule has 1 aliphatic heterocycles. The van der Waals surface area contributed by atoms with Gasteiger partial charge in [-0.2, -0.15) is 0 Å². The summed E-state index contributed by atoms with van der Waals surface area (Å²) in [5, 5.41) is 0.820. The van der Waals surface area contributed by atoms with Gasteiger partial charge >= 0.3 is 0 Å². The molecule has 2 atom stereocenters. The second-order valence-corrected chi connectivity index (χ2v) is 8.01. The molecule has 0 N–H and O–H groups in total. The Bertz CT molecular complexity index is 637. The standard InChI is InChI=1S/C24H32ClN/c1-2-3-4-5-6-7-8-12-15-23-24(20-16-18-21(25)19-17-20)26(23)22-13-10-9-11-14-22/h9-11,13-14,16-19,23-24H,2-8,12,15H2,1H3/t23-,24+,26?/m0/s1. The van der Waals surface area contributed by atoms with E-state index in [0.29, 0.717) is 12.1 Å². The van der Waals surface area contributed by atoms with Crippen molar-refractivity contribution in [3.05, 3.63) is 65.2 Å². The molecule has 140 valence electrons. The number of halogens is 1. The maximum Gasteiger partial charge on any atom is 0.0750 e. The van der Waals surface area contributed by atoms with Crippen molar-refractivity contribution in [2.24, 2.45) is 0 Å². The minimum Gasteiger partial charge on any atom is -0.357 e. The number of unbranched alkanes of at least 4 members (excludes halogenated alkanes) is 7. The molecular weight excluding hydrogens is 338 g/mol. The van der Waals surface area contributed by atoms with E-state index in [-0.39, 0.29) is 0 Å². The fraction of sp³-hybridized carbons (Fsp3) is 0.500. The van der Waals surface area contributed by atoms with Gasteiger partial charge in [0.05, 0.1) is 12.1 Å². The Kier molecular flexibility index (Phi) is 7.43. The molecule has 26 heavy (non-hydrogen) atoms. The lowest BCUT2D eigenvalue weighted by molar-refractivity contribution is 0.562. The Morgan fingerprint density at radius 3 is 2.04 bits per heavy atom. The number of nitrogens with zero attached hydrogens (tertiary/aromatic N) is 1. The van der Waals surface area contributed by atoms with E-state index in [4.69, 9.17) is 11.6 Å². The van der Waals surface area contributed by atoms with E-state index in [0.717, 1.165) is 5.02 Å². The minimum atomic E-state index is 0.513. The second kappa shape index (κ2) is 10.0. The maximum atomic E-state index is 6.08. The van der Waals surface area contributed by atoms with E-state index >= 15 is 0 Å². The highest BCUT2D eigenvalue weighted by molar-refractivity contribution is 6.30. The first-order valence-corrected chi connectivity index (χ1v) is 10.8. The van der Waals surface area contributed by atoms with Crippen molar-refractivity contribution in [3.63, 3.8) is 0 Å². The fourth-order valence-corrected chi connectivity index (χ4v) is 4.19. The second-order valence-electron chi connectivity index (χ2n) is 7.57. The smallest absolute Gasteiger partial charge is 0.0750 e. The van der Waals surface area contributed by atoms with Gasteiger partial charge in [0.25, 0.3) is 0 Å². The highest BCUT2D eigenvalue weighted by Gasteiger charge is 2.47. The zero-order valence-electron chi connectivity index (χ0n) is 16.0. The number of para-hydroxylation sites is 1. The van der Waals surface area contributed by atoms with E-state index in [2.05, 4.69) is 54.3 Å². The van der Waals surface area contributed by atoms with Crippen molar-refractivity contribution < 1.29 is 0 Å². The van der Waals surface area contributed by atoms with Gasteiger partial charge in [0, 0.05) is 10.7 Å². The summed E-state index contributed by atoms with van der Waals surface area (Å²) in [6, 6.07) is 20.4. The molecule has 0 saturated carbocycles.